The molecule has 2 saturated heterocycles. The van der Waals surface area contributed by atoms with Crippen LogP contribution in [0.4, 0.5) is 0 Å². The van der Waals surface area contributed by atoms with Gasteiger partial charge in [-0.15, -0.1) is 11.3 Å². The van der Waals surface area contributed by atoms with E-state index in [4.69, 9.17) is 9.47 Å². The van der Waals surface area contributed by atoms with Gasteiger partial charge in [0.2, 0.25) is 0 Å². The molecule has 0 radical (unpaired) electrons. The number of hydrogen-bond acceptors (Lipinski definition) is 6. The van der Waals surface area contributed by atoms with Gasteiger partial charge >= 0.3 is 0 Å². The molecule has 0 spiro atoms. The average molecular weight is 325 g/mol. The molecule has 0 bridgehead atoms. The highest BCUT2D eigenvalue weighted by atomic mass is 32.1. The number of nitrogens with zero attached hydrogens (tertiary/aromatic N) is 3. The highest BCUT2D eigenvalue weighted by Gasteiger charge is 2.42. The van der Waals surface area contributed by atoms with Crippen molar-refractivity contribution in [3.05, 3.63) is 16.1 Å². The van der Waals surface area contributed by atoms with Crippen LogP contribution < -0.4 is 0 Å². The largest absolute Gasteiger partial charge is 0.378 e. The Balaban J connectivity index is 1.64. The van der Waals surface area contributed by atoms with E-state index >= 15 is 0 Å². The highest BCUT2D eigenvalue weighted by molar-refractivity contribution is 7.09. The molecule has 0 saturated carbocycles. The van der Waals surface area contributed by atoms with Crippen molar-refractivity contribution < 1.29 is 14.3 Å². The summed E-state index contributed by atoms with van der Waals surface area (Å²) in [6, 6.07) is 0. The third kappa shape index (κ3) is 3.48. The number of morpholine rings is 2. The summed E-state index contributed by atoms with van der Waals surface area (Å²) in [5.74, 6) is 0.0787. The third-order valence-corrected chi connectivity index (χ3v) is 4.98. The van der Waals surface area contributed by atoms with Crippen LogP contribution in [-0.4, -0.2) is 72.3 Å². The summed E-state index contributed by atoms with van der Waals surface area (Å²) in [6.45, 7) is 9.26. The van der Waals surface area contributed by atoms with Crippen molar-refractivity contribution >= 4 is 17.2 Å². The second-order valence-corrected chi connectivity index (χ2v) is 7.11. The molecule has 1 atom stereocenters. The van der Waals surface area contributed by atoms with Gasteiger partial charge in [0.1, 0.15) is 0 Å². The zero-order valence-electron chi connectivity index (χ0n) is 13.2. The van der Waals surface area contributed by atoms with Crippen LogP contribution in [0, 0.1) is 6.92 Å². The van der Waals surface area contributed by atoms with Crippen LogP contribution in [-0.2, 0) is 20.8 Å². The van der Waals surface area contributed by atoms with Crippen molar-refractivity contribution in [2.45, 2.75) is 26.0 Å². The van der Waals surface area contributed by atoms with Gasteiger partial charge in [-0.1, -0.05) is 0 Å². The number of carbonyl (C=O) groups is 1. The predicted octanol–water partition coefficient (Wildman–Crippen LogP) is 0.901. The molecule has 0 unspecified atom stereocenters. The summed E-state index contributed by atoms with van der Waals surface area (Å²) in [5, 5.41) is 3.17. The monoisotopic (exact) mass is 325 g/mol. The molecule has 6 nitrogen and oxygen atoms in total. The number of rotatable bonds is 3. The molecule has 7 heteroatoms. The lowest BCUT2D eigenvalue weighted by molar-refractivity contribution is -0.171. The van der Waals surface area contributed by atoms with Crippen LogP contribution in [0.25, 0.3) is 0 Å². The normalized spacial score (nSPS) is 27.1. The first-order chi connectivity index (χ1) is 10.6. The second-order valence-electron chi connectivity index (χ2n) is 6.05. The lowest BCUT2D eigenvalue weighted by atomic mass is 10.0. The first-order valence-electron chi connectivity index (χ1n) is 7.71. The summed E-state index contributed by atoms with van der Waals surface area (Å²) in [5.41, 5.74) is 0.311. The van der Waals surface area contributed by atoms with Gasteiger partial charge in [0.15, 0.2) is 5.60 Å². The maximum absolute atomic E-state index is 12.8. The fourth-order valence-corrected chi connectivity index (χ4v) is 3.63. The van der Waals surface area contributed by atoms with E-state index in [-0.39, 0.29) is 5.91 Å². The minimum Gasteiger partial charge on any atom is -0.378 e. The number of ether oxygens (including phenoxy) is 2. The van der Waals surface area contributed by atoms with E-state index in [2.05, 4.69) is 15.3 Å². The standard InChI is InChI=1S/C15H23N3O3S/c1-12-16-13(10-22-12)9-17-3-8-21-15(2,11-17)14(19)18-4-6-20-7-5-18/h10H,3-9,11H2,1-2H3/t15-/m1/s1. The first kappa shape index (κ1) is 15.9. The predicted molar refractivity (Wildman–Crippen MR) is 83.9 cm³/mol. The molecule has 0 N–H and O–H groups in total. The van der Waals surface area contributed by atoms with E-state index in [1.54, 1.807) is 11.3 Å². The van der Waals surface area contributed by atoms with Gasteiger partial charge < -0.3 is 14.4 Å². The van der Waals surface area contributed by atoms with E-state index in [9.17, 15) is 4.79 Å². The molecule has 1 aromatic rings. The zero-order chi connectivity index (χ0) is 15.6. The second kappa shape index (κ2) is 6.62. The van der Waals surface area contributed by atoms with Crippen molar-refractivity contribution in [3.8, 4) is 0 Å². The summed E-state index contributed by atoms with van der Waals surface area (Å²) in [7, 11) is 0. The van der Waals surface area contributed by atoms with Gasteiger partial charge in [0.25, 0.3) is 5.91 Å². The summed E-state index contributed by atoms with van der Waals surface area (Å²) < 4.78 is 11.2. The quantitative estimate of drug-likeness (QED) is 0.826. The van der Waals surface area contributed by atoms with E-state index in [0.717, 1.165) is 23.8 Å². The Morgan fingerprint density at radius 3 is 2.82 bits per heavy atom. The van der Waals surface area contributed by atoms with Crippen LogP contribution in [0.1, 0.15) is 17.6 Å². The average Bonchev–Trinajstić information content (AvgIpc) is 2.92. The van der Waals surface area contributed by atoms with E-state index in [1.807, 2.05) is 18.7 Å². The van der Waals surface area contributed by atoms with Crippen molar-refractivity contribution in [2.75, 3.05) is 46.0 Å². The number of carbonyl (C=O) groups excluding carboxylic acids is 1. The lowest BCUT2D eigenvalue weighted by Crippen LogP contribution is -2.60. The van der Waals surface area contributed by atoms with E-state index < -0.39 is 5.60 Å². The number of aryl methyl sites for hydroxylation is 1. The van der Waals surface area contributed by atoms with Crippen molar-refractivity contribution in [1.82, 2.24) is 14.8 Å². The first-order valence-corrected chi connectivity index (χ1v) is 8.59. The Morgan fingerprint density at radius 2 is 2.14 bits per heavy atom. The molecule has 0 aromatic carbocycles. The van der Waals surface area contributed by atoms with Crippen molar-refractivity contribution in [2.24, 2.45) is 0 Å². The summed E-state index contributed by atoms with van der Waals surface area (Å²) in [6.07, 6.45) is 0. The van der Waals surface area contributed by atoms with Gasteiger partial charge in [0.05, 0.1) is 30.5 Å². The smallest absolute Gasteiger partial charge is 0.256 e. The highest BCUT2D eigenvalue weighted by Crippen LogP contribution is 2.23. The molecule has 2 aliphatic rings. The van der Waals surface area contributed by atoms with Crippen LogP contribution >= 0.6 is 11.3 Å². The molecule has 0 aliphatic carbocycles. The Labute approximate surface area is 135 Å². The SMILES string of the molecule is Cc1nc(CN2CCO[C@@](C)(C(=O)N3CCOCC3)C2)cs1. The minimum absolute atomic E-state index is 0.0787. The molecule has 2 fully saturated rings. The van der Waals surface area contributed by atoms with E-state index in [1.165, 1.54) is 0 Å². The molecule has 3 rings (SSSR count). The van der Waals surface area contributed by atoms with Gasteiger partial charge in [0, 0.05) is 38.1 Å². The summed E-state index contributed by atoms with van der Waals surface area (Å²) >= 11 is 1.66. The van der Waals surface area contributed by atoms with Gasteiger partial charge in [-0.05, 0) is 13.8 Å². The van der Waals surface area contributed by atoms with Gasteiger partial charge in [-0.2, -0.15) is 0 Å². The zero-order valence-corrected chi connectivity index (χ0v) is 14.0. The van der Waals surface area contributed by atoms with Crippen molar-refractivity contribution in [3.63, 3.8) is 0 Å². The van der Waals surface area contributed by atoms with Crippen LogP contribution in [0.15, 0.2) is 5.38 Å². The third-order valence-electron chi connectivity index (χ3n) is 4.16. The maximum Gasteiger partial charge on any atom is 0.256 e. The van der Waals surface area contributed by atoms with Crippen molar-refractivity contribution in [1.29, 1.82) is 0 Å². The molecule has 22 heavy (non-hydrogen) atoms. The van der Waals surface area contributed by atoms with Gasteiger partial charge in [-0.25, -0.2) is 4.98 Å². The number of hydrogen-bond donors (Lipinski definition) is 0. The molecule has 122 valence electrons. The van der Waals surface area contributed by atoms with Gasteiger partial charge in [-0.3, -0.25) is 9.69 Å². The van der Waals surface area contributed by atoms with E-state index in [0.29, 0.717) is 39.5 Å². The van der Waals surface area contributed by atoms with Crippen LogP contribution in [0.3, 0.4) is 0 Å². The Bertz CT molecular complexity index is 530. The Morgan fingerprint density at radius 1 is 1.36 bits per heavy atom. The molecule has 1 aromatic heterocycles. The Hall–Kier alpha value is -1.02. The summed E-state index contributed by atoms with van der Waals surface area (Å²) in [4.78, 5) is 21.4. The van der Waals surface area contributed by atoms with Crippen LogP contribution in [0.2, 0.25) is 0 Å². The number of thiazole rings is 1. The molecule has 1 amide bonds. The molecular weight excluding hydrogens is 302 g/mol. The molecule has 3 heterocycles. The Kier molecular flexibility index (Phi) is 4.77. The lowest BCUT2D eigenvalue weighted by Gasteiger charge is -2.42. The maximum atomic E-state index is 12.8. The molecular formula is C15H23N3O3S. The molecule has 2 aliphatic heterocycles. The number of aromatic nitrogens is 1. The fraction of sp³-hybridized carbons (Fsp3) is 0.733. The number of amides is 1. The topological polar surface area (TPSA) is 54.9 Å². The van der Waals surface area contributed by atoms with Crippen LogP contribution in [0.5, 0.6) is 0 Å². The fourth-order valence-electron chi connectivity index (χ4n) is 3.03. The minimum atomic E-state index is -0.763.